The molecule has 2 aromatic carbocycles. The Morgan fingerprint density at radius 3 is 2.33 bits per heavy atom. The molecule has 0 amide bonds. The molecule has 0 aliphatic heterocycles. The van der Waals surface area contributed by atoms with Gasteiger partial charge in [-0.2, -0.15) is 5.26 Å². The van der Waals surface area contributed by atoms with E-state index in [2.05, 4.69) is 26.2 Å². The Balaban J connectivity index is 1.44. The molecule has 0 bridgehead atoms. The van der Waals surface area contributed by atoms with Crippen molar-refractivity contribution >= 4 is 0 Å². The molecule has 0 aliphatic carbocycles. The van der Waals surface area contributed by atoms with E-state index in [1.165, 1.54) is 0 Å². The zero-order valence-corrected chi connectivity index (χ0v) is 15.7. The predicted molar refractivity (Wildman–Crippen MR) is 110 cm³/mol. The van der Waals surface area contributed by atoms with Crippen LogP contribution in [-0.4, -0.2) is 24.7 Å². The van der Waals surface area contributed by atoms with Crippen molar-refractivity contribution in [1.29, 1.82) is 5.26 Å². The van der Waals surface area contributed by atoms with Crippen molar-refractivity contribution in [2.45, 2.75) is 0 Å². The van der Waals surface area contributed by atoms with Crippen molar-refractivity contribution in [3.05, 3.63) is 91.0 Å². The fourth-order valence-electron chi connectivity index (χ4n) is 3.12. The van der Waals surface area contributed by atoms with Gasteiger partial charge in [-0.15, -0.1) is 10.2 Å². The van der Waals surface area contributed by atoms with E-state index in [9.17, 15) is 5.26 Å². The summed E-state index contributed by atoms with van der Waals surface area (Å²) in [6.07, 6.45) is 5.14. The molecule has 0 radical (unpaired) electrons. The summed E-state index contributed by atoms with van der Waals surface area (Å²) in [6, 6.07) is 23.1. The molecule has 0 saturated heterocycles. The molecule has 7 heteroatoms. The van der Waals surface area contributed by atoms with Crippen LogP contribution in [0.15, 0.2) is 89.7 Å². The van der Waals surface area contributed by atoms with Gasteiger partial charge in [-0.3, -0.25) is 4.98 Å². The molecule has 3 heterocycles. The van der Waals surface area contributed by atoms with Gasteiger partial charge in [-0.25, -0.2) is 4.98 Å². The van der Waals surface area contributed by atoms with Crippen LogP contribution in [0.4, 0.5) is 0 Å². The summed E-state index contributed by atoms with van der Waals surface area (Å²) in [4.78, 5) is 8.91. The summed E-state index contributed by atoms with van der Waals surface area (Å²) in [5.74, 6) is 0.744. The van der Waals surface area contributed by atoms with Crippen LogP contribution < -0.4 is 0 Å². The number of nitriles is 1. The molecule has 7 nitrogen and oxygen atoms in total. The molecule has 30 heavy (non-hydrogen) atoms. The van der Waals surface area contributed by atoms with Crippen molar-refractivity contribution in [1.82, 2.24) is 24.7 Å². The first-order valence-corrected chi connectivity index (χ1v) is 9.21. The molecule has 5 aromatic rings. The van der Waals surface area contributed by atoms with Gasteiger partial charge in [0.05, 0.1) is 18.1 Å². The van der Waals surface area contributed by atoms with Crippen LogP contribution in [0.5, 0.6) is 0 Å². The molecule has 0 N–H and O–H groups in total. The Bertz CT molecular complexity index is 1350. The second-order valence-electron chi connectivity index (χ2n) is 6.49. The summed E-state index contributed by atoms with van der Waals surface area (Å²) < 4.78 is 7.61. The lowest BCUT2D eigenvalue weighted by Gasteiger charge is -2.06. The van der Waals surface area contributed by atoms with E-state index in [0.717, 1.165) is 16.8 Å². The van der Waals surface area contributed by atoms with Crippen LogP contribution in [0.3, 0.4) is 0 Å². The summed E-state index contributed by atoms with van der Waals surface area (Å²) in [5, 5.41) is 17.4. The molecule has 0 atom stereocenters. The van der Waals surface area contributed by atoms with Gasteiger partial charge < -0.3 is 8.98 Å². The van der Waals surface area contributed by atoms with E-state index in [1.807, 2.05) is 71.4 Å². The Labute approximate surface area is 171 Å². The average molecular weight is 390 g/mol. The molecular weight excluding hydrogens is 376 g/mol. The molecule has 0 spiro atoms. The molecular formula is C23H14N6O. The summed E-state index contributed by atoms with van der Waals surface area (Å²) in [6.45, 7) is 0. The van der Waals surface area contributed by atoms with Crippen LogP contribution in [0.25, 0.3) is 40.0 Å². The van der Waals surface area contributed by atoms with Gasteiger partial charge in [0.25, 0.3) is 5.89 Å². The Kier molecular flexibility index (Phi) is 4.35. The summed E-state index contributed by atoms with van der Waals surface area (Å²) in [5.41, 5.74) is 4.40. The predicted octanol–water partition coefficient (Wildman–Crippen LogP) is 4.52. The standard InChI is InChI=1S/C23H14N6O/c24-13-19-7-4-12-29(19)18-10-8-16(9-11-18)20-14-25-15-21(26-20)23-28-27-22(30-23)17-5-2-1-3-6-17/h1-12,14-15H. The Morgan fingerprint density at radius 1 is 0.767 bits per heavy atom. The number of nitrogens with zero attached hydrogens (tertiary/aromatic N) is 6. The first-order chi connectivity index (χ1) is 14.8. The maximum Gasteiger partial charge on any atom is 0.268 e. The Hall–Kier alpha value is -4.57. The third kappa shape index (κ3) is 3.23. The van der Waals surface area contributed by atoms with Gasteiger partial charge in [0.1, 0.15) is 17.5 Å². The number of benzene rings is 2. The Morgan fingerprint density at radius 2 is 1.53 bits per heavy atom. The SMILES string of the molecule is N#Cc1cccn1-c1ccc(-c2cncc(-c3nnc(-c4ccccc4)o3)n2)cc1. The molecule has 0 aliphatic rings. The highest BCUT2D eigenvalue weighted by Gasteiger charge is 2.13. The van der Waals surface area contributed by atoms with E-state index < -0.39 is 0 Å². The fourth-order valence-corrected chi connectivity index (χ4v) is 3.12. The molecule has 0 fully saturated rings. The lowest BCUT2D eigenvalue weighted by Crippen LogP contribution is -1.95. The van der Waals surface area contributed by atoms with Crippen LogP contribution in [0, 0.1) is 11.3 Å². The minimum absolute atomic E-state index is 0.311. The van der Waals surface area contributed by atoms with Crippen molar-refractivity contribution in [2.75, 3.05) is 0 Å². The molecule has 3 aromatic heterocycles. The van der Waals surface area contributed by atoms with Gasteiger partial charge in [0, 0.05) is 23.0 Å². The topological polar surface area (TPSA) is 93.4 Å². The second-order valence-corrected chi connectivity index (χ2v) is 6.49. The van der Waals surface area contributed by atoms with Crippen LogP contribution in [-0.2, 0) is 0 Å². The number of aromatic nitrogens is 5. The van der Waals surface area contributed by atoms with Gasteiger partial charge >= 0.3 is 0 Å². The van der Waals surface area contributed by atoms with Crippen LogP contribution in [0.1, 0.15) is 5.69 Å². The summed E-state index contributed by atoms with van der Waals surface area (Å²) in [7, 11) is 0. The van der Waals surface area contributed by atoms with E-state index in [-0.39, 0.29) is 0 Å². The van der Waals surface area contributed by atoms with E-state index in [0.29, 0.717) is 28.9 Å². The minimum Gasteiger partial charge on any atom is -0.415 e. The highest BCUT2D eigenvalue weighted by Crippen LogP contribution is 2.25. The third-order valence-electron chi connectivity index (χ3n) is 4.60. The average Bonchev–Trinajstić information content (AvgIpc) is 3.50. The number of rotatable bonds is 4. The summed E-state index contributed by atoms with van der Waals surface area (Å²) >= 11 is 0. The van der Waals surface area contributed by atoms with Crippen molar-refractivity contribution in [3.8, 4) is 46.1 Å². The van der Waals surface area contributed by atoms with Gasteiger partial charge in [0.15, 0.2) is 0 Å². The molecule has 142 valence electrons. The zero-order chi connectivity index (χ0) is 20.3. The maximum atomic E-state index is 9.21. The maximum absolute atomic E-state index is 9.21. The van der Waals surface area contributed by atoms with Crippen LogP contribution in [0.2, 0.25) is 0 Å². The van der Waals surface area contributed by atoms with E-state index >= 15 is 0 Å². The lowest BCUT2D eigenvalue weighted by atomic mass is 10.1. The highest BCUT2D eigenvalue weighted by molar-refractivity contribution is 5.63. The molecule has 0 saturated carbocycles. The zero-order valence-electron chi connectivity index (χ0n) is 15.7. The molecule has 5 rings (SSSR count). The normalized spacial score (nSPS) is 10.6. The van der Waals surface area contributed by atoms with Gasteiger partial charge in [-0.05, 0) is 36.4 Å². The minimum atomic E-state index is 0.311. The third-order valence-corrected chi connectivity index (χ3v) is 4.60. The largest absolute Gasteiger partial charge is 0.415 e. The second kappa shape index (κ2) is 7.45. The monoisotopic (exact) mass is 390 g/mol. The lowest BCUT2D eigenvalue weighted by molar-refractivity contribution is 0.582. The highest BCUT2D eigenvalue weighted by atomic mass is 16.4. The first-order valence-electron chi connectivity index (χ1n) is 9.21. The van der Waals surface area contributed by atoms with Crippen molar-refractivity contribution < 1.29 is 4.42 Å². The van der Waals surface area contributed by atoms with Crippen molar-refractivity contribution in [3.63, 3.8) is 0 Å². The van der Waals surface area contributed by atoms with E-state index in [1.54, 1.807) is 18.5 Å². The quantitative estimate of drug-likeness (QED) is 0.448. The first kappa shape index (κ1) is 17.5. The smallest absolute Gasteiger partial charge is 0.268 e. The van der Waals surface area contributed by atoms with Crippen molar-refractivity contribution in [2.24, 2.45) is 0 Å². The number of hydrogen-bond acceptors (Lipinski definition) is 6. The fraction of sp³-hybridized carbons (Fsp3) is 0. The van der Waals surface area contributed by atoms with E-state index in [4.69, 9.17) is 4.42 Å². The van der Waals surface area contributed by atoms with Crippen LogP contribution >= 0.6 is 0 Å². The van der Waals surface area contributed by atoms with Gasteiger partial charge in [-0.1, -0.05) is 30.3 Å². The van der Waals surface area contributed by atoms with Gasteiger partial charge in [0.2, 0.25) is 5.89 Å². The number of hydrogen-bond donors (Lipinski definition) is 0. The molecule has 0 unspecified atom stereocenters.